The van der Waals surface area contributed by atoms with Gasteiger partial charge in [-0.1, -0.05) is 6.07 Å². The van der Waals surface area contributed by atoms with Gasteiger partial charge in [0.25, 0.3) is 0 Å². The van der Waals surface area contributed by atoms with Crippen LogP contribution in [0.3, 0.4) is 0 Å². The van der Waals surface area contributed by atoms with Gasteiger partial charge in [0.05, 0.1) is 18.8 Å². The van der Waals surface area contributed by atoms with E-state index in [9.17, 15) is 17.6 Å². The van der Waals surface area contributed by atoms with E-state index < -0.39 is 17.6 Å². The van der Waals surface area contributed by atoms with Gasteiger partial charge in [-0.05, 0) is 37.0 Å². The molecule has 21 heavy (non-hydrogen) atoms. The Hall–Kier alpha value is -1.14. The van der Waals surface area contributed by atoms with Crippen LogP contribution in [-0.2, 0) is 16.3 Å². The lowest BCUT2D eigenvalue weighted by molar-refractivity contribution is -0.140. The van der Waals surface area contributed by atoms with Gasteiger partial charge in [0.1, 0.15) is 5.82 Å². The summed E-state index contributed by atoms with van der Waals surface area (Å²) in [6, 6.07) is 3.34. The van der Waals surface area contributed by atoms with Gasteiger partial charge in [-0.3, -0.25) is 0 Å². The predicted octanol–water partition coefficient (Wildman–Crippen LogP) is 3.07. The molecule has 1 atom stereocenters. The van der Waals surface area contributed by atoms with Gasteiger partial charge >= 0.3 is 6.18 Å². The van der Waals surface area contributed by atoms with Crippen LogP contribution in [-0.4, -0.2) is 25.8 Å². The molecule has 6 heteroatoms. The molecular weight excluding hydrogens is 286 g/mol. The van der Waals surface area contributed by atoms with Crippen LogP contribution in [0.2, 0.25) is 0 Å². The van der Waals surface area contributed by atoms with E-state index in [1.807, 2.05) is 6.42 Å². The minimum Gasteiger partial charge on any atom is -0.379 e. The van der Waals surface area contributed by atoms with E-state index in [0.29, 0.717) is 18.8 Å². The van der Waals surface area contributed by atoms with Gasteiger partial charge in [-0.15, -0.1) is 0 Å². The van der Waals surface area contributed by atoms with Crippen molar-refractivity contribution in [2.75, 3.05) is 19.8 Å². The second-order valence-electron chi connectivity index (χ2n) is 5.65. The van der Waals surface area contributed by atoms with E-state index in [-0.39, 0.29) is 11.5 Å². The van der Waals surface area contributed by atoms with E-state index in [1.165, 1.54) is 6.07 Å². The van der Waals surface area contributed by atoms with Crippen molar-refractivity contribution in [1.29, 1.82) is 0 Å². The Bertz CT molecular complexity index is 519. The van der Waals surface area contributed by atoms with Crippen LogP contribution in [0.5, 0.6) is 0 Å². The standard InChI is InChI=1S/C15H16F4NO/c16-13-2-1-10(7-12(13)15(17,18)19)14(3-4-14)8-11-9-21-6-5-20-11/h1-2,7-8,11,20H,3-6,9H2/t11-/m0/s1. The van der Waals surface area contributed by atoms with Crippen molar-refractivity contribution >= 4 is 0 Å². The zero-order valence-corrected chi connectivity index (χ0v) is 11.3. The molecule has 1 aromatic rings. The van der Waals surface area contributed by atoms with Crippen LogP contribution in [0.25, 0.3) is 0 Å². The molecule has 0 aromatic heterocycles. The smallest absolute Gasteiger partial charge is 0.379 e. The second kappa shape index (κ2) is 5.25. The maximum absolute atomic E-state index is 13.4. The van der Waals surface area contributed by atoms with Gasteiger partial charge in [-0.25, -0.2) is 4.39 Å². The molecule has 0 amide bonds. The van der Waals surface area contributed by atoms with E-state index in [1.54, 1.807) is 0 Å². The van der Waals surface area contributed by atoms with E-state index >= 15 is 0 Å². The molecule has 2 fully saturated rings. The highest BCUT2D eigenvalue weighted by molar-refractivity contribution is 5.40. The van der Waals surface area contributed by atoms with Crippen molar-refractivity contribution in [2.45, 2.75) is 30.5 Å². The molecule has 1 aliphatic carbocycles. The molecule has 1 saturated carbocycles. The maximum atomic E-state index is 13.4. The van der Waals surface area contributed by atoms with Gasteiger partial charge in [-0.2, -0.15) is 13.2 Å². The molecule has 1 aromatic carbocycles. The Balaban J connectivity index is 1.82. The van der Waals surface area contributed by atoms with Crippen LogP contribution in [0.1, 0.15) is 24.0 Å². The van der Waals surface area contributed by atoms with Gasteiger partial charge in [0.15, 0.2) is 0 Å². The average molecular weight is 302 g/mol. The highest BCUT2D eigenvalue weighted by Gasteiger charge is 2.47. The molecule has 1 N–H and O–H groups in total. The van der Waals surface area contributed by atoms with Gasteiger partial charge in [0, 0.05) is 18.0 Å². The molecular formula is C15H16F4NO. The summed E-state index contributed by atoms with van der Waals surface area (Å²) in [5.74, 6) is -1.22. The monoisotopic (exact) mass is 302 g/mol. The summed E-state index contributed by atoms with van der Waals surface area (Å²) < 4.78 is 57.2. The van der Waals surface area contributed by atoms with Crippen LogP contribution in [0, 0.1) is 12.2 Å². The van der Waals surface area contributed by atoms with E-state index in [0.717, 1.165) is 31.5 Å². The van der Waals surface area contributed by atoms with Gasteiger partial charge < -0.3 is 10.1 Å². The zero-order chi connectivity index (χ0) is 15.1. The Morgan fingerprint density at radius 2 is 2.05 bits per heavy atom. The average Bonchev–Trinajstić information content (AvgIpc) is 3.20. The molecule has 1 heterocycles. The summed E-state index contributed by atoms with van der Waals surface area (Å²) >= 11 is 0. The third-order valence-electron chi connectivity index (χ3n) is 4.11. The third-order valence-corrected chi connectivity index (χ3v) is 4.11. The Morgan fingerprint density at radius 3 is 2.62 bits per heavy atom. The number of nitrogens with one attached hydrogen (secondary N) is 1. The normalized spacial score (nSPS) is 24.9. The number of rotatable bonds is 3. The molecule has 0 unspecified atom stereocenters. The number of benzene rings is 1. The maximum Gasteiger partial charge on any atom is 0.419 e. The topological polar surface area (TPSA) is 21.3 Å². The van der Waals surface area contributed by atoms with Crippen molar-refractivity contribution in [2.24, 2.45) is 0 Å². The Kier molecular flexibility index (Phi) is 3.69. The summed E-state index contributed by atoms with van der Waals surface area (Å²) in [7, 11) is 0. The molecule has 2 nitrogen and oxygen atoms in total. The third kappa shape index (κ3) is 3.06. The van der Waals surface area contributed by atoms with Crippen LogP contribution in [0.15, 0.2) is 18.2 Å². The number of ether oxygens (including phenoxy) is 1. The number of halogens is 4. The minimum absolute atomic E-state index is 0.0284. The summed E-state index contributed by atoms with van der Waals surface area (Å²) in [5, 5.41) is 3.26. The van der Waals surface area contributed by atoms with E-state index in [4.69, 9.17) is 4.74 Å². The lowest BCUT2D eigenvalue weighted by Gasteiger charge is -2.28. The number of hydrogen-bond donors (Lipinski definition) is 1. The molecule has 2 aliphatic rings. The molecule has 1 radical (unpaired) electrons. The first-order valence-electron chi connectivity index (χ1n) is 6.95. The number of alkyl halides is 3. The molecule has 0 bridgehead atoms. The fourth-order valence-electron chi connectivity index (χ4n) is 2.82. The van der Waals surface area contributed by atoms with Crippen molar-refractivity contribution in [3.63, 3.8) is 0 Å². The van der Waals surface area contributed by atoms with Crippen molar-refractivity contribution in [3.8, 4) is 0 Å². The Labute approximate surface area is 120 Å². The predicted molar refractivity (Wildman–Crippen MR) is 69.2 cm³/mol. The summed E-state index contributed by atoms with van der Waals surface area (Å²) in [5.41, 5.74) is -1.04. The van der Waals surface area contributed by atoms with Crippen LogP contribution < -0.4 is 5.32 Å². The molecule has 1 saturated heterocycles. The number of hydrogen-bond acceptors (Lipinski definition) is 2. The lowest BCUT2D eigenvalue weighted by Crippen LogP contribution is -2.43. The molecule has 115 valence electrons. The summed E-state index contributed by atoms with van der Waals surface area (Å²) in [6.07, 6.45) is -1.08. The van der Waals surface area contributed by atoms with Gasteiger partial charge in [0.2, 0.25) is 0 Å². The molecule has 1 aliphatic heterocycles. The largest absolute Gasteiger partial charge is 0.419 e. The second-order valence-corrected chi connectivity index (χ2v) is 5.65. The fraction of sp³-hybridized carbons (Fsp3) is 0.533. The molecule has 3 rings (SSSR count). The first-order valence-corrected chi connectivity index (χ1v) is 6.95. The van der Waals surface area contributed by atoms with E-state index in [2.05, 4.69) is 5.32 Å². The van der Waals surface area contributed by atoms with Crippen LogP contribution in [0.4, 0.5) is 17.6 Å². The fourth-order valence-corrected chi connectivity index (χ4v) is 2.82. The van der Waals surface area contributed by atoms with Crippen molar-refractivity contribution in [3.05, 3.63) is 41.6 Å². The summed E-state index contributed by atoms with van der Waals surface area (Å²) in [6.45, 7) is 1.90. The van der Waals surface area contributed by atoms with Crippen molar-refractivity contribution in [1.82, 2.24) is 5.32 Å². The first kappa shape index (κ1) is 14.8. The quantitative estimate of drug-likeness (QED) is 0.867. The first-order chi connectivity index (χ1) is 9.91. The zero-order valence-electron chi connectivity index (χ0n) is 11.3. The van der Waals surface area contributed by atoms with Crippen molar-refractivity contribution < 1.29 is 22.3 Å². The SMILES string of the molecule is Fc1ccc(C2([CH][C@H]3COCCN3)CC2)cc1C(F)(F)F. The Morgan fingerprint density at radius 1 is 1.29 bits per heavy atom. The summed E-state index contributed by atoms with van der Waals surface area (Å²) in [4.78, 5) is 0. The van der Waals surface area contributed by atoms with Crippen LogP contribution >= 0.6 is 0 Å². The lowest BCUT2D eigenvalue weighted by atomic mass is 9.87. The highest BCUT2D eigenvalue weighted by atomic mass is 19.4. The minimum atomic E-state index is -4.66. The number of morpholine rings is 1. The highest BCUT2D eigenvalue weighted by Crippen LogP contribution is 2.52. The molecule has 0 spiro atoms.